The monoisotopic (exact) mass is 211 g/mol. The number of fused-ring (bicyclic) bond motifs is 5. The molecule has 1 aromatic carbocycles. The maximum atomic E-state index is 12.2. The Hall–Kier alpha value is -1.83. The van der Waals surface area contributed by atoms with Gasteiger partial charge in [-0.3, -0.25) is 4.79 Å². The first-order chi connectivity index (χ1) is 7.86. The maximum Gasteiger partial charge on any atom is 0.258 e. The molecule has 2 nitrogen and oxygen atoms in total. The summed E-state index contributed by atoms with van der Waals surface area (Å²) < 4.78 is 0. The average molecular weight is 211 g/mol. The van der Waals surface area contributed by atoms with E-state index in [0.717, 1.165) is 24.1 Å². The normalized spacial score (nSPS) is 26.6. The topological polar surface area (TPSA) is 20.3 Å². The summed E-state index contributed by atoms with van der Waals surface area (Å²) in [6.45, 7) is 0.805. The van der Waals surface area contributed by atoms with Gasteiger partial charge >= 0.3 is 0 Å². The minimum Gasteiger partial charge on any atom is -0.315 e. The summed E-state index contributed by atoms with van der Waals surface area (Å²) in [6, 6.07) is 7.93. The third kappa shape index (κ3) is 1.38. The van der Waals surface area contributed by atoms with Gasteiger partial charge in [0.05, 0.1) is 0 Å². The molecular weight excluding hydrogens is 198 g/mol. The molecule has 0 N–H and O–H groups in total. The molecule has 16 heavy (non-hydrogen) atoms. The summed E-state index contributed by atoms with van der Waals surface area (Å²) in [5.74, 6) is 0.494. The van der Waals surface area contributed by atoms with Gasteiger partial charge in [0.2, 0.25) is 0 Å². The standard InChI is InChI=1S/C14H13NO/c16-14-13-7-2-1-6-12(13)11-5-3-4-9-15(14)10-8-11/h1-7,9,11H,8,10H2/b5-3-,9-4-. The van der Waals surface area contributed by atoms with Crippen LogP contribution in [0.25, 0.3) is 0 Å². The first-order valence-corrected chi connectivity index (χ1v) is 5.61. The number of carbonyl (C=O) groups is 1. The van der Waals surface area contributed by atoms with E-state index in [9.17, 15) is 4.79 Å². The van der Waals surface area contributed by atoms with Crippen LogP contribution in [0, 0.1) is 0 Å². The summed E-state index contributed by atoms with van der Waals surface area (Å²) >= 11 is 0. The Morgan fingerprint density at radius 3 is 3.00 bits per heavy atom. The first-order valence-electron chi connectivity index (χ1n) is 5.61. The van der Waals surface area contributed by atoms with Crippen molar-refractivity contribution in [2.45, 2.75) is 12.3 Å². The van der Waals surface area contributed by atoms with Crippen molar-refractivity contribution < 1.29 is 4.79 Å². The van der Waals surface area contributed by atoms with Crippen molar-refractivity contribution in [3.8, 4) is 0 Å². The lowest BCUT2D eigenvalue weighted by molar-refractivity contribution is 0.0826. The van der Waals surface area contributed by atoms with Crippen LogP contribution < -0.4 is 0 Å². The van der Waals surface area contributed by atoms with E-state index in [2.05, 4.69) is 12.1 Å². The lowest BCUT2D eigenvalue weighted by Crippen LogP contribution is -2.25. The molecule has 0 radical (unpaired) electrons. The van der Waals surface area contributed by atoms with Crippen LogP contribution in [0.3, 0.4) is 0 Å². The molecule has 0 aliphatic carbocycles. The number of hydrogen-bond acceptors (Lipinski definition) is 1. The zero-order valence-electron chi connectivity index (χ0n) is 8.97. The van der Waals surface area contributed by atoms with Crippen molar-refractivity contribution in [3.63, 3.8) is 0 Å². The van der Waals surface area contributed by atoms with Crippen molar-refractivity contribution >= 4 is 5.91 Å². The van der Waals surface area contributed by atoms with E-state index in [1.165, 1.54) is 0 Å². The quantitative estimate of drug-likeness (QED) is 0.646. The highest BCUT2D eigenvalue weighted by Crippen LogP contribution is 2.30. The zero-order chi connectivity index (χ0) is 11.0. The van der Waals surface area contributed by atoms with Crippen LogP contribution in [0.4, 0.5) is 0 Å². The largest absolute Gasteiger partial charge is 0.315 e. The van der Waals surface area contributed by atoms with Crippen LogP contribution in [0.2, 0.25) is 0 Å². The smallest absolute Gasteiger partial charge is 0.258 e. The van der Waals surface area contributed by atoms with E-state index in [1.54, 1.807) is 0 Å². The van der Waals surface area contributed by atoms with Crippen molar-refractivity contribution in [1.29, 1.82) is 0 Å². The molecule has 0 saturated carbocycles. The molecule has 1 unspecified atom stereocenters. The summed E-state index contributed by atoms with van der Waals surface area (Å²) in [4.78, 5) is 14.1. The fraction of sp³-hybridized carbons (Fsp3) is 0.214. The number of hydrogen-bond donors (Lipinski definition) is 0. The second kappa shape index (κ2) is 3.63. The molecule has 80 valence electrons. The lowest BCUT2D eigenvalue weighted by Gasteiger charge is -2.16. The van der Waals surface area contributed by atoms with E-state index in [1.807, 2.05) is 41.5 Å². The second-order valence-corrected chi connectivity index (χ2v) is 4.21. The minimum atomic E-state index is 0.123. The first kappa shape index (κ1) is 9.40. The number of benzene rings is 1. The van der Waals surface area contributed by atoms with Crippen LogP contribution in [0.15, 0.2) is 48.7 Å². The van der Waals surface area contributed by atoms with Crippen molar-refractivity contribution in [2.75, 3.05) is 6.54 Å². The minimum absolute atomic E-state index is 0.123. The van der Waals surface area contributed by atoms with Gasteiger partial charge in [0, 0.05) is 24.2 Å². The molecule has 1 amide bonds. The van der Waals surface area contributed by atoms with Gasteiger partial charge in [0.25, 0.3) is 5.91 Å². The van der Waals surface area contributed by atoms with Gasteiger partial charge in [-0.05, 0) is 24.1 Å². The Bertz CT molecular complexity index is 487. The molecule has 0 spiro atoms. The zero-order valence-corrected chi connectivity index (χ0v) is 8.97. The predicted molar refractivity (Wildman–Crippen MR) is 63.1 cm³/mol. The predicted octanol–water partition coefficient (Wildman–Crippen LogP) is 2.70. The van der Waals surface area contributed by atoms with E-state index in [4.69, 9.17) is 0 Å². The number of carbonyl (C=O) groups excluding carboxylic acids is 1. The Balaban J connectivity index is 2.22. The van der Waals surface area contributed by atoms with Gasteiger partial charge in [0.1, 0.15) is 0 Å². The highest BCUT2D eigenvalue weighted by Gasteiger charge is 2.25. The number of rotatable bonds is 0. The van der Waals surface area contributed by atoms with Crippen LogP contribution in [-0.2, 0) is 0 Å². The molecule has 0 aromatic heterocycles. The molecule has 2 aliphatic heterocycles. The number of nitrogens with zero attached hydrogens (tertiary/aromatic N) is 1. The van der Waals surface area contributed by atoms with Crippen molar-refractivity contribution in [2.24, 2.45) is 0 Å². The van der Waals surface area contributed by atoms with Gasteiger partial charge in [-0.2, -0.15) is 0 Å². The molecule has 0 saturated heterocycles. The van der Waals surface area contributed by atoms with Gasteiger partial charge < -0.3 is 4.90 Å². The average Bonchev–Trinajstić information content (AvgIpc) is 2.36. The van der Waals surface area contributed by atoms with Gasteiger partial charge in [0.15, 0.2) is 0 Å². The maximum absolute atomic E-state index is 12.2. The SMILES string of the molecule is O=C1c2ccccc2C2/C=C\C=C/N1CC2. The number of allylic oxidation sites excluding steroid dienone is 3. The fourth-order valence-corrected chi connectivity index (χ4v) is 2.40. The molecule has 3 rings (SSSR count). The van der Waals surface area contributed by atoms with Crippen LogP contribution in [0.1, 0.15) is 28.3 Å². The van der Waals surface area contributed by atoms with E-state index < -0.39 is 0 Å². The molecule has 2 aliphatic rings. The fourth-order valence-electron chi connectivity index (χ4n) is 2.40. The van der Waals surface area contributed by atoms with Crippen LogP contribution in [-0.4, -0.2) is 17.4 Å². The molecule has 1 aromatic rings. The second-order valence-electron chi connectivity index (χ2n) is 4.21. The Kier molecular flexibility index (Phi) is 2.13. The summed E-state index contributed by atoms with van der Waals surface area (Å²) in [5, 5.41) is 0. The summed E-state index contributed by atoms with van der Waals surface area (Å²) in [7, 11) is 0. The molecule has 2 heteroatoms. The third-order valence-electron chi connectivity index (χ3n) is 3.25. The summed E-state index contributed by atoms with van der Waals surface area (Å²) in [6.07, 6.45) is 9.04. The van der Waals surface area contributed by atoms with Crippen LogP contribution >= 0.6 is 0 Å². The van der Waals surface area contributed by atoms with Gasteiger partial charge in [-0.15, -0.1) is 0 Å². The Morgan fingerprint density at radius 2 is 2.06 bits per heavy atom. The van der Waals surface area contributed by atoms with Gasteiger partial charge in [-0.25, -0.2) is 0 Å². The highest BCUT2D eigenvalue weighted by atomic mass is 16.2. The third-order valence-corrected chi connectivity index (χ3v) is 3.25. The van der Waals surface area contributed by atoms with Crippen molar-refractivity contribution in [1.82, 2.24) is 4.90 Å². The van der Waals surface area contributed by atoms with E-state index in [-0.39, 0.29) is 5.91 Å². The number of amides is 1. The summed E-state index contributed by atoms with van der Waals surface area (Å²) in [5.41, 5.74) is 2.01. The van der Waals surface area contributed by atoms with Crippen molar-refractivity contribution in [3.05, 3.63) is 59.8 Å². The lowest BCUT2D eigenvalue weighted by atomic mass is 9.92. The molecule has 2 bridgehead atoms. The molecular formula is C14H13NO. The van der Waals surface area contributed by atoms with E-state index >= 15 is 0 Å². The van der Waals surface area contributed by atoms with Crippen LogP contribution in [0.5, 0.6) is 0 Å². The molecule has 2 heterocycles. The highest BCUT2D eigenvalue weighted by molar-refractivity contribution is 5.97. The molecule has 0 fully saturated rings. The van der Waals surface area contributed by atoms with Gasteiger partial charge in [-0.1, -0.05) is 30.4 Å². The van der Waals surface area contributed by atoms with E-state index in [0.29, 0.717) is 5.92 Å². The Morgan fingerprint density at radius 1 is 1.19 bits per heavy atom. The Labute approximate surface area is 94.9 Å². The molecule has 1 atom stereocenters.